The summed E-state index contributed by atoms with van der Waals surface area (Å²) >= 11 is 5.97. The van der Waals surface area contributed by atoms with E-state index in [9.17, 15) is 40.2 Å². The van der Waals surface area contributed by atoms with Crippen molar-refractivity contribution in [3.63, 3.8) is 0 Å². The molecule has 0 aliphatic carbocycles. The zero-order valence-electron chi connectivity index (χ0n) is 16.5. The summed E-state index contributed by atoms with van der Waals surface area (Å²) < 4.78 is 91.3. The van der Waals surface area contributed by atoms with E-state index in [4.69, 9.17) is 16.9 Å². The molecule has 0 aromatic heterocycles. The molecule has 0 radical (unpaired) electrons. The van der Waals surface area contributed by atoms with E-state index in [-0.39, 0.29) is 10.6 Å². The first kappa shape index (κ1) is 25.4. The van der Waals surface area contributed by atoms with E-state index >= 15 is 0 Å². The Morgan fingerprint density at radius 1 is 1.15 bits per heavy atom. The number of sulfone groups is 1. The maximum atomic E-state index is 13.1. The molecular formula is C19H16ClF3N2O6S2. The standard InChI is InChI=1S/C19H16ClF3N2O6S2/c20-15-7-12(8-24)1-6-16(15)33(30,31)25-9-17(18(27,10-25)11-26)32(28,29)14-4-2-13(3-5-14)19(21,22)23/h1-7,17,26-27H,9-11H2/t17?,18-/m1/s1. The zero-order chi connectivity index (χ0) is 24.8. The minimum absolute atomic E-state index is 0.0787. The van der Waals surface area contributed by atoms with Crippen molar-refractivity contribution < 1.29 is 40.2 Å². The van der Waals surface area contributed by atoms with E-state index in [1.807, 2.05) is 0 Å². The molecule has 1 saturated heterocycles. The first-order valence-corrected chi connectivity index (χ1v) is 12.5. The molecule has 2 N–H and O–H groups in total. The van der Waals surface area contributed by atoms with Crippen LogP contribution < -0.4 is 0 Å². The minimum atomic E-state index is -4.70. The van der Waals surface area contributed by atoms with Crippen LogP contribution >= 0.6 is 11.6 Å². The lowest BCUT2D eigenvalue weighted by molar-refractivity contribution is -0.137. The monoisotopic (exact) mass is 524 g/mol. The van der Waals surface area contributed by atoms with Crippen LogP contribution in [0.25, 0.3) is 0 Å². The topological polar surface area (TPSA) is 136 Å². The van der Waals surface area contributed by atoms with Gasteiger partial charge in [0.2, 0.25) is 10.0 Å². The fraction of sp³-hybridized carbons (Fsp3) is 0.316. The Balaban J connectivity index is 2.00. The van der Waals surface area contributed by atoms with Crippen molar-refractivity contribution in [2.45, 2.75) is 26.8 Å². The molecule has 1 heterocycles. The first-order chi connectivity index (χ1) is 15.2. The number of sulfonamides is 1. The molecule has 2 atom stereocenters. The molecule has 0 saturated carbocycles. The SMILES string of the molecule is N#Cc1ccc(S(=O)(=O)N2CC(S(=O)(=O)c3ccc(C(F)(F)F)cc3)[C@](O)(CO)C2)c(Cl)c1. The van der Waals surface area contributed by atoms with Crippen LogP contribution in [0.1, 0.15) is 11.1 Å². The molecule has 8 nitrogen and oxygen atoms in total. The predicted molar refractivity (Wildman–Crippen MR) is 109 cm³/mol. The molecule has 2 aromatic carbocycles. The van der Waals surface area contributed by atoms with Crippen molar-refractivity contribution in [3.05, 3.63) is 58.6 Å². The molecule has 1 aliphatic rings. The second kappa shape index (κ2) is 8.53. The first-order valence-electron chi connectivity index (χ1n) is 9.11. The lowest BCUT2D eigenvalue weighted by Gasteiger charge is -2.26. The van der Waals surface area contributed by atoms with Crippen LogP contribution in [0.15, 0.2) is 52.3 Å². The number of hydrogen-bond acceptors (Lipinski definition) is 7. The number of nitriles is 1. The van der Waals surface area contributed by atoms with E-state index in [1.165, 1.54) is 6.07 Å². The van der Waals surface area contributed by atoms with Crippen LogP contribution in [-0.2, 0) is 26.0 Å². The number of alkyl halides is 3. The van der Waals surface area contributed by atoms with Gasteiger partial charge in [0.1, 0.15) is 15.7 Å². The van der Waals surface area contributed by atoms with Crippen LogP contribution in [-0.4, -0.2) is 61.9 Å². The van der Waals surface area contributed by atoms with Crippen LogP contribution in [0.2, 0.25) is 5.02 Å². The highest BCUT2D eigenvalue weighted by atomic mass is 35.5. The number of rotatable bonds is 5. The van der Waals surface area contributed by atoms with Gasteiger partial charge >= 0.3 is 6.18 Å². The molecule has 1 unspecified atom stereocenters. The van der Waals surface area contributed by atoms with E-state index in [0.29, 0.717) is 28.6 Å². The summed E-state index contributed by atoms with van der Waals surface area (Å²) in [7, 11) is -9.05. The van der Waals surface area contributed by atoms with Gasteiger partial charge in [-0.25, -0.2) is 16.8 Å². The average Bonchev–Trinajstić information content (AvgIpc) is 3.12. The average molecular weight is 525 g/mol. The van der Waals surface area contributed by atoms with Crippen molar-refractivity contribution in [1.82, 2.24) is 4.31 Å². The van der Waals surface area contributed by atoms with Gasteiger partial charge in [-0.2, -0.15) is 22.7 Å². The van der Waals surface area contributed by atoms with Crippen LogP contribution in [0, 0.1) is 11.3 Å². The van der Waals surface area contributed by atoms with Gasteiger partial charge < -0.3 is 10.2 Å². The van der Waals surface area contributed by atoms with E-state index in [2.05, 4.69) is 0 Å². The van der Waals surface area contributed by atoms with Crippen molar-refractivity contribution in [2.75, 3.05) is 19.7 Å². The van der Waals surface area contributed by atoms with Gasteiger partial charge in [0.05, 0.1) is 33.7 Å². The van der Waals surface area contributed by atoms with Gasteiger partial charge in [-0.1, -0.05) is 11.6 Å². The summed E-state index contributed by atoms with van der Waals surface area (Å²) in [5, 5.41) is 27.2. The van der Waals surface area contributed by atoms with Gasteiger partial charge in [0, 0.05) is 13.1 Å². The van der Waals surface area contributed by atoms with Crippen LogP contribution in [0.3, 0.4) is 0 Å². The third-order valence-corrected chi connectivity index (χ3v) is 9.82. The Morgan fingerprint density at radius 3 is 2.24 bits per heavy atom. The Labute approximate surface area is 192 Å². The molecule has 0 amide bonds. The normalized spacial score (nSPS) is 22.3. The molecule has 1 aliphatic heterocycles. The maximum absolute atomic E-state index is 13.1. The second-order valence-electron chi connectivity index (χ2n) is 7.37. The molecule has 2 aromatic rings. The van der Waals surface area contributed by atoms with Gasteiger partial charge in [-0.05, 0) is 42.5 Å². The fourth-order valence-corrected chi connectivity index (χ4v) is 7.54. The maximum Gasteiger partial charge on any atom is 0.416 e. The molecule has 3 rings (SSSR count). The van der Waals surface area contributed by atoms with Crippen molar-refractivity contribution in [3.8, 4) is 6.07 Å². The minimum Gasteiger partial charge on any atom is -0.393 e. The Hall–Kier alpha value is -2.21. The van der Waals surface area contributed by atoms with Gasteiger partial charge in [-0.3, -0.25) is 0 Å². The highest BCUT2D eigenvalue weighted by molar-refractivity contribution is 7.92. The van der Waals surface area contributed by atoms with Crippen molar-refractivity contribution in [2.24, 2.45) is 0 Å². The summed E-state index contributed by atoms with van der Waals surface area (Å²) in [4.78, 5) is -1.03. The molecule has 14 heteroatoms. The number of halogens is 4. The largest absolute Gasteiger partial charge is 0.416 e. The molecule has 0 bridgehead atoms. The summed E-state index contributed by atoms with van der Waals surface area (Å²) in [5.74, 6) is 0. The summed E-state index contributed by atoms with van der Waals surface area (Å²) in [6.07, 6.45) is -4.70. The Kier molecular flexibility index (Phi) is 6.57. The fourth-order valence-electron chi connectivity index (χ4n) is 3.47. The van der Waals surface area contributed by atoms with Gasteiger partial charge in [0.15, 0.2) is 9.84 Å². The zero-order valence-corrected chi connectivity index (χ0v) is 18.9. The quantitative estimate of drug-likeness (QED) is 0.608. The molecule has 1 fully saturated rings. The Morgan fingerprint density at radius 2 is 1.76 bits per heavy atom. The third kappa shape index (κ3) is 4.59. The van der Waals surface area contributed by atoms with Crippen molar-refractivity contribution >= 4 is 31.5 Å². The Bertz CT molecular complexity index is 1320. The number of benzene rings is 2. The molecule has 0 spiro atoms. The van der Waals surface area contributed by atoms with E-state index in [0.717, 1.165) is 12.1 Å². The van der Waals surface area contributed by atoms with E-state index in [1.54, 1.807) is 6.07 Å². The smallest absolute Gasteiger partial charge is 0.393 e. The lowest BCUT2D eigenvalue weighted by Crippen LogP contribution is -2.49. The van der Waals surface area contributed by atoms with Gasteiger partial charge in [0.25, 0.3) is 0 Å². The van der Waals surface area contributed by atoms with Crippen LogP contribution in [0.4, 0.5) is 13.2 Å². The highest BCUT2D eigenvalue weighted by Crippen LogP contribution is 2.37. The summed E-state index contributed by atoms with van der Waals surface area (Å²) in [6, 6.07) is 7.60. The number of nitrogens with zero attached hydrogens (tertiary/aromatic N) is 2. The highest BCUT2D eigenvalue weighted by Gasteiger charge is 2.55. The van der Waals surface area contributed by atoms with Gasteiger partial charge in [-0.15, -0.1) is 0 Å². The summed E-state index contributed by atoms with van der Waals surface area (Å²) in [6.45, 7) is -2.74. The van der Waals surface area contributed by atoms with Crippen molar-refractivity contribution in [1.29, 1.82) is 5.26 Å². The predicted octanol–water partition coefficient (Wildman–Crippen LogP) is 1.80. The number of aliphatic hydroxyl groups excluding tert-OH is 1. The molecule has 178 valence electrons. The number of aliphatic hydroxyl groups is 2. The second-order valence-corrected chi connectivity index (χ2v) is 11.8. The lowest BCUT2D eigenvalue weighted by atomic mass is 10.1. The summed E-state index contributed by atoms with van der Waals surface area (Å²) in [5.41, 5.74) is -3.45. The molecular weight excluding hydrogens is 509 g/mol. The third-order valence-electron chi connectivity index (χ3n) is 5.26. The van der Waals surface area contributed by atoms with Crippen LogP contribution in [0.5, 0.6) is 0 Å². The number of β-amino-alcohol motifs (C(OH)–C–C–N with tert-alkyl or cyclic N) is 1. The number of hydrogen-bond donors (Lipinski definition) is 2. The molecule has 33 heavy (non-hydrogen) atoms. The van der Waals surface area contributed by atoms with E-state index < -0.39 is 71.9 Å².